The monoisotopic (exact) mass is 255 g/mol. The Hall–Kier alpha value is -0.210. The fraction of sp³-hybridized carbons (Fsp3) is 1.00. The van der Waals surface area contributed by atoms with E-state index in [-0.39, 0.29) is 18.5 Å². The molecule has 0 saturated heterocycles. The first-order chi connectivity index (χ1) is 7.24. The van der Waals surface area contributed by atoms with E-state index in [0.29, 0.717) is 0 Å². The van der Waals surface area contributed by atoms with Gasteiger partial charge in [-0.1, -0.05) is 0 Å². The van der Waals surface area contributed by atoms with Crippen molar-refractivity contribution in [2.24, 2.45) is 0 Å². The summed E-state index contributed by atoms with van der Waals surface area (Å²) in [5.74, 6) is -0.194. The molecule has 0 radical (unpaired) electrons. The van der Waals surface area contributed by atoms with Crippen molar-refractivity contribution >= 4 is 10.0 Å². The molecule has 0 bridgehead atoms. The number of ether oxygens (including phenoxy) is 1. The molecule has 0 atom stereocenters. The molecule has 0 fully saturated rings. The van der Waals surface area contributed by atoms with Gasteiger partial charge in [-0.3, -0.25) is 0 Å². The minimum Gasteiger partial charge on any atom is -0.394 e. The number of sulfonamides is 1. The Morgan fingerprint density at radius 2 is 1.81 bits per heavy atom. The molecule has 7 heteroatoms. The first-order valence-electron chi connectivity index (χ1n) is 5.09. The first-order valence-corrected chi connectivity index (χ1v) is 6.75. The number of rotatable bonds is 8. The summed E-state index contributed by atoms with van der Waals surface area (Å²) in [6, 6.07) is 0. The Balaban J connectivity index is 4.24. The van der Waals surface area contributed by atoms with Crippen molar-refractivity contribution in [1.82, 2.24) is 4.72 Å². The molecule has 0 aromatic carbocycles. The zero-order valence-corrected chi connectivity index (χ0v) is 10.7. The maximum absolute atomic E-state index is 11.5. The minimum absolute atomic E-state index is 0.0303. The van der Waals surface area contributed by atoms with Crippen LogP contribution in [-0.4, -0.2) is 55.8 Å². The van der Waals surface area contributed by atoms with E-state index in [1.165, 1.54) is 6.92 Å². The van der Waals surface area contributed by atoms with E-state index in [1.807, 2.05) is 13.8 Å². The Labute approximate surface area is 96.7 Å². The molecule has 0 unspecified atom stereocenters. The van der Waals surface area contributed by atoms with Crippen molar-refractivity contribution in [2.75, 3.05) is 25.6 Å². The van der Waals surface area contributed by atoms with Gasteiger partial charge in [0.2, 0.25) is 10.0 Å². The zero-order chi connectivity index (χ0) is 12.8. The van der Waals surface area contributed by atoms with Gasteiger partial charge in [-0.2, -0.15) is 0 Å². The molecular weight excluding hydrogens is 234 g/mol. The van der Waals surface area contributed by atoms with Crippen LogP contribution in [0.25, 0.3) is 0 Å². The van der Waals surface area contributed by atoms with Gasteiger partial charge in [0.05, 0.1) is 37.2 Å². The lowest BCUT2D eigenvalue weighted by Crippen LogP contribution is -2.52. The topological polar surface area (TPSA) is 95.9 Å². The molecule has 0 heterocycles. The SMILES string of the molecule is CC(C)OCCS(=O)(=O)NC(C)(CO)CO. The fourth-order valence-electron chi connectivity index (χ4n) is 0.935. The molecule has 0 aromatic rings. The molecule has 3 N–H and O–H groups in total. The van der Waals surface area contributed by atoms with E-state index in [2.05, 4.69) is 4.72 Å². The van der Waals surface area contributed by atoms with E-state index in [4.69, 9.17) is 14.9 Å². The van der Waals surface area contributed by atoms with Crippen LogP contribution in [0.4, 0.5) is 0 Å². The Kier molecular flexibility index (Phi) is 6.42. The Bertz CT molecular complexity index is 284. The summed E-state index contributed by atoms with van der Waals surface area (Å²) < 4.78 is 30.4. The molecule has 0 saturated carbocycles. The lowest BCUT2D eigenvalue weighted by molar-refractivity contribution is 0.0902. The molecule has 0 spiro atoms. The number of aliphatic hydroxyl groups excluding tert-OH is 2. The van der Waals surface area contributed by atoms with E-state index in [0.717, 1.165) is 0 Å². The summed E-state index contributed by atoms with van der Waals surface area (Å²) in [7, 11) is -3.55. The molecule has 0 aromatic heterocycles. The van der Waals surface area contributed by atoms with Crippen molar-refractivity contribution in [1.29, 1.82) is 0 Å². The van der Waals surface area contributed by atoms with Crippen LogP contribution in [0, 0.1) is 0 Å². The molecule has 6 nitrogen and oxygen atoms in total. The van der Waals surface area contributed by atoms with Crippen LogP contribution in [0.5, 0.6) is 0 Å². The van der Waals surface area contributed by atoms with Crippen molar-refractivity contribution < 1.29 is 23.4 Å². The second kappa shape index (κ2) is 6.51. The van der Waals surface area contributed by atoms with Gasteiger partial charge in [0.15, 0.2) is 0 Å². The van der Waals surface area contributed by atoms with Crippen LogP contribution in [0.1, 0.15) is 20.8 Å². The molecule has 0 rings (SSSR count). The van der Waals surface area contributed by atoms with Gasteiger partial charge in [-0.05, 0) is 20.8 Å². The largest absolute Gasteiger partial charge is 0.394 e. The predicted octanol–water partition coefficient (Wildman–Crippen LogP) is -0.926. The maximum atomic E-state index is 11.5. The summed E-state index contributed by atoms with van der Waals surface area (Å²) in [5, 5.41) is 17.9. The highest BCUT2D eigenvalue weighted by Crippen LogP contribution is 2.04. The highest BCUT2D eigenvalue weighted by atomic mass is 32.2. The van der Waals surface area contributed by atoms with Gasteiger partial charge in [0, 0.05) is 0 Å². The number of hydrogen-bond acceptors (Lipinski definition) is 5. The lowest BCUT2D eigenvalue weighted by atomic mass is 10.1. The number of nitrogens with one attached hydrogen (secondary N) is 1. The minimum atomic E-state index is -3.55. The van der Waals surface area contributed by atoms with Gasteiger partial charge in [-0.15, -0.1) is 0 Å². The molecular formula is C9H21NO5S. The number of aliphatic hydroxyl groups is 2. The van der Waals surface area contributed by atoms with E-state index in [1.54, 1.807) is 0 Å². The van der Waals surface area contributed by atoms with Crippen LogP contribution in [0.15, 0.2) is 0 Å². The van der Waals surface area contributed by atoms with Crippen LogP contribution >= 0.6 is 0 Å². The summed E-state index contributed by atoms with van der Waals surface area (Å²) in [5.41, 5.74) is -1.23. The number of hydrogen-bond donors (Lipinski definition) is 3. The molecule has 98 valence electrons. The van der Waals surface area contributed by atoms with Gasteiger partial charge in [0.25, 0.3) is 0 Å². The second-order valence-electron chi connectivity index (χ2n) is 4.22. The smallest absolute Gasteiger partial charge is 0.214 e. The molecule has 0 aliphatic rings. The van der Waals surface area contributed by atoms with E-state index < -0.39 is 28.8 Å². The predicted molar refractivity (Wildman–Crippen MR) is 60.6 cm³/mol. The third-order valence-corrected chi connectivity index (χ3v) is 3.41. The highest BCUT2D eigenvalue weighted by Gasteiger charge is 2.28. The van der Waals surface area contributed by atoms with Crippen LogP contribution in [0.3, 0.4) is 0 Å². The van der Waals surface area contributed by atoms with E-state index in [9.17, 15) is 8.42 Å². The van der Waals surface area contributed by atoms with E-state index >= 15 is 0 Å². The first kappa shape index (κ1) is 15.8. The average Bonchev–Trinajstić information content (AvgIpc) is 2.16. The quantitative estimate of drug-likeness (QED) is 0.521. The van der Waals surface area contributed by atoms with Crippen LogP contribution in [0.2, 0.25) is 0 Å². The third-order valence-electron chi connectivity index (χ3n) is 1.90. The van der Waals surface area contributed by atoms with Crippen molar-refractivity contribution in [2.45, 2.75) is 32.4 Å². The van der Waals surface area contributed by atoms with Gasteiger partial charge in [0.1, 0.15) is 0 Å². The van der Waals surface area contributed by atoms with Crippen LogP contribution in [-0.2, 0) is 14.8 Å². The highest BCUT2D eigenvalue weighted by molar-refractivity contribution is 7.89. The maximum Gasteiger partial charge on any atom is 0.214 e. The van der Waals surface area contributed by atoms with Crippen molar-refractivity contribution in [3.05, 3.63) is 0 Å². The Morgan fingerprint density at radius 3 is 2.19 bits per heavy atom. The molecule has 16 heavy (non-hydrogen) atoms. The molecule has 0 aliphatic carbocycles. The molecule has 0 amide bonds. The lowest BCUT2D eigenvalue weighted by Gasteiger charge is -2.25. The fourth-order valence-corrected chi connectivity index (χ4v) is 2.23. The molecule has 0 aliphatic heterocycles. The second-order valence-corrected chi connectivity index (χ2v) is 6.06. The van der Waals surface area contributed by atoms with Gasteiger partial charge < -0.3 is 14.9 Å². The summed E-state index contributed by atoms with van der Waals surface area (Å²) in [6.45, 7) is 4.20. The summed E-state index contributed by atoms with van der Waals surface area (Å²) in [6.07, 6.45) is -0.0303. The standard InChI is InChI=1S/C9H21NO5S/c1-8(2)15-4-5-16(13,14)10-9(3,6-11)7-12/h8,10-12H,4-7H2,1-3H3. The summed E-state index contributed by atoms with van der Waals surface area (Å²) >= 11 is 0. The van der Waals surface area contributed by atoms with Gasteiger partial charge >= 0.3 is 0 Å². The van der Waals surface area contributed by atoms with Crippen molar-refractivity contribution in [3.63, 3.8) is 0 Å². The van der Waals surface area contributed by atoms with Crippen LogP contribution < -0.4 is 4.72 Å². The Morgan fingerprint density at radius 1 is 1.31 bits per heavy atom. The normalized spacial score (nSPS) is 13.4. The van der Waals surface area contributed by atoms with Crippen molar-refractivity contribution in [3.8, 4) is 0 Å². The zero-order valence-electron chi connectivity index (χ0n) is 9.93. The average molecular weight is 255 g/mol. The summed E-state index contributed by atoms with van der Waals surface area (Å²) in [4.78, 5) is 0. The van der Waals surface area contributed by atoms with Gasteiger partial charge in [-0.25, -0.2) is 13.1 Å². The third kappa shape index (κ3) is 6.39.